The highest BCUT2D eigenvalue weighted by Gasteiger charge is 2.28. The minimum absolute atomic E-state index is 0.0180. The molecule has 4 aromatic rings. The number of hydrogen-bond donors (Lipinski definition) is 1. The van der Waals surface area contributed by atoms with Gasteiger partial charge < -0.3 is 14.2 Å². The molecule has 30 heavy (non-hydrogen) atoms. The van der Waals surface area contributed by atoms with Crippen LogP contribution in [0.5, 0.6) is 0 Å². The lowest BCUT2D eigenvalue weighted by Gasteiger charge is -2.18. The summed E-state index contributed by atoms with van der Waals surface area (Å²) in [7, 11) is 0. The number of fused-ring (bicyclic) bond motifs is 3. The van der Waals surface area contributed by atoms with Crippen molar-refractivity contribution in [2.75, 3.05) is 0 Å². The first-order valence-electron chi connectivity index (χ1n) is 9.39. The first-order valence-corrected chi connectivity index (χ1v) is 9.39. The van der Waals surface area contributed by atoms with Gasteiger partial charge in [-0.25, -0.2) is 9.37 Å². The second kappa shape index (κ2) is 6.74. The fourth-order valence-electron chi connectivity index (χ4n) is 3.39. The maximum atomic E-state index is 14.4. The van der Waals surface area contributed by atoms with E-state index in [1.807, 2.05) is 19.9 Å². The Morgan fingerprint density at radius 2 is 2.10 bits per heavy atom. The molecule has 0 radical (unpaired) electrons. The van der Waals surface area contributed by atoms with E-state index in [4.69, 9.17) is 4.52 Å². The van der Waals surface area contributed by atoms with Crippen molar-refractivity contribution >= 4 is 16.6 Å². The smallest absolute Gasteiger partial charge is 0.278 e. The summed E-state index contributed by atoms with van der Waals surface area (Å²) in [6, 6.07) is 4.25. The average Bonchev–Trinajstić information content (AvgIpc) is 3.35. The lowest BCUT2D eigenvalue weighted by molar-refractivity contribution is 0.0420. The van der Waals surface area contributed by atoms with E-state index in [1.165, 1.54) is 41.3 Å². The van der Waals surface area contributed by atoms with E-state index in [2.05, 4.69) is 15.1 Å². The van der Waals surface area contributed by atoms with E-state index in [0.717, 1.165) is 0 Å². The van der Waals surface area contributed by atoms with Crippen molar-refractivity contribution in [1.29, 1.82) is 5.26 Å². The third kappa shape index (κ3) is 2.78. The van der Waals surface area contributed by atoms with E-state index in [0.29, 0.717) is 11.9 Å². The van der Waals surface area contributed by atoms with Crippen molar-refractivity contribution in [3.8, 4) is 17.6 Å². The van der Waals surface area contributed by atoms with Gasteiger partial charge in [0.1, 0.15) is 40.6 Å². The zero-order valence-electron chi connectivity index (χ0n) is 16.8. The van der Waals surface area contributed by atoms with E-state index in [9.17, 15) is 19.6 Å². The fourth-order valence-corrected chi connectivity index (χ4v) is 3.39. The summed E-state index contributed by atoms with van der Waals surface area (Å²) in [5.41, 5.74) is -1.02. The van der Waals surface area contributed by atoms with E-state index in [1.54, 1.807) is 0 Å². The highest BCUT2D eigenvalue weighted by atomic mass is 19.1. The molecular weight excluding hydrogens is 391 g/mol. The molecule has 3 heterocycles. The third-order valence-electron chi connectivity index (χ3n) is 5.10. The maximum Gasteiger partial charge on any atom is 0.278 e. The summed E-state index contributed by atoms with van der Waals surface area (Å²) in [5.74, 6) is -0.672. The van der Waals surface area contributed by atoms with Gasteiger partial charge in [-0.3, -0.25) is 9.20 Å². The van der Waals surface area contributed by atoms with Gasteiger partial charge in [-0.1, -0.05) is 12.1 Å². The van der Waals surface area contributed by atoms with Crippen molar-refractivity contribution in [2.45, 2.75) is 45.8 Å². The molecule has 0 aliphatic heterocycles. The van der Waals surface area contributed by atoms with Crippen molar-refractivity contribution in [3.63, 3.8) is 0 Å². The summed E-state index contributed by atoms with van der Waals surface area (Å²) in [5, 5.41) is 23.5. The van der Waals surface area contributed by atoms with E-state index in [-0.39, 0.29) is 40.0 Å². The molecule has 4 rings (SSSR count). The number of nitriles is 1. The molecule has 0 fully saturated rings. The number of halogens is 1. The molecule has 10 heteroatoms. The number of nitrogens with zero attached hydrogens (tertiary/aromatic N) is 6. The lowest BCUT2D eigenvalue weighted by Crippen LogP contribution is -2.26. The summed E-state index contributed by atoms with van der Waals surface area (Å²) in [6.07, 6.45) is 1.98. The number of hydrogen-bond acceptors (Lipinski definition) is 7. The number of aromatic nitrogens is 5. The number of rotatable bonds is 4. The van der Waals surface area contributed by atoms with Gasteiger partial charge in [0.05, 0.1) is 11.0 Å². The average molecular weight is 410 g/mol. The molecule has 0 saturated carbocycles. The van der Waals surface area contributed by atoms with E-state index >= 15 is 0 Å². The normalized spacial score (nSPS) is 13.1. The Hall–Kier alpha value is -3.58. The minimum Gasteiger partial charge on any atom is -0.381 e. The van der Waals surface area contributed by atoms with Gasteiger partial charge in [0.15, 0.2) is 0 Å². The second-order valence-corrected chi connectivity index (χ2v) is 7.63. The summed E-state index contributed by atoms with van der Waals surface area (Å²) in [6.45, 7) is 6.71. The van der Waals surface area contributed by atoms with Crippen LogP contribution >= 0.6 is 0 Å². The first-order chi connectivity index (χ1) is 14.2. The van der Waals surface area contributed by atoms with Crippen LogP contribution in [0.15, 0.2) is 27.8 Å². The van der Waals surface area contributed by atoms with Gasteiger partial charge in [-0.15, -0.1) is 0 Å². The number of aliphatic hydroxyl groups is 1. The van der Waals surface area contributed by atoms with Gasteiger partial charge >= 0.3 is 0 Å². The lowest BCUT2D eigenvalue weighted by atomic mass is 10.1. The molecule has 154 valence electrons. The van der Waals surface area contributed by atoms with Crippen LogP contribution in [-0.2, 0) is 5.60 Å². The first kappa shape index (κ1) is 19.7. The highest BCUT2D eigenvalue weighted by Crippen LogP contribution is 2.28. The van der Waals surface area contributed by atoms with Crippen LogP contribution in [0, 0.1) is 17.1 Å². The van der Waals surface area contributed by atoms with Gasteiger partial charge in [0.25, 0.3) is 11.4 Å². The summed E-state index contributed by atoms with van der Waals surface area (Å²) in [4.78, 5) is 22.0. The maximum absolute atomic E-state index is 14.4. The molecule has 3 aromatic heterocycles. The van der Waals surface area contributed by atoms with Gasteiger partial charge in [-0.05, 0) is 39.3 Å². The Labute approximate surface area is 170 Å². The third-order valence-corrected chi connectivity index (χ3v) is 5.10. The number of benzene rings is 1. The fraction of sp³-hybridized carbons (Fsp3) is 0.350. The predicted octanol–water partition coefficient (Wildman–Crippen LogP) is 2.91. The van der Waals surface area contributed by atoms with Crippen LogP contribution in [0.2, 0.25) is 0 Å². The Balaban J connectivity index is 2.14. The minimum atomic E-state index is -1.36. The molecule has 0 amide bonds. The van der Waals surface area contributed by atoms with Crippen molar-refractivity contribution in [1.82, 2.24) is 24.1 Å². The van der Waals surface area contributed by atoms with Gasteiger partial charge in [-0.2, -0.15) is 10.2 Å². The van der Waals surface area contributed by atoms with Crippen LogP contribution < -0.4 is 5.56 Å². The molecule has 1 N–H and O–H groups in total. The molecule has 1 atom stereocenters. The summed E-state index contributed by atoms with van der Waals surface area (Å²) >= 11 is 0. The summed E-state index contributed by atoms with van der Waals surface area (Å²) < 4.78 is 22.4. The molecule has 1 unspecified atom stereocenters. The zero-order chi connectivity index (χ0) is 21.8. The molecule has 0 saturated heterocycles. The van der Waals surface area contributed by atoms with Crippen LogP contribution in [-0.4, -0.2) is 29.2 Å². The number of imidazole rings is 1. The van der Waals surface area contributed by atoms with Crippen molar-refractivity contribution < 1.29 is 14.0 Å². The second-order valence-electron chi connectivity index (χ2n) is 7.63. The quantitative estimate of drug-likeness (QED) is 0.549. The monoisotopic (exact) mass is 410 g/mol. The van der Waals surface area contributed by atoms with E-state index < -0.39 is 17.0 Å². The molecule has 1 aromatic carbocycles. The molecule has 0 aliphatic carbocycles. The molecule has 0 aliphatic rings. The highest BCUT2D eigenvalue weighted by molar-refractivity contribution is 5.87. The predicted molar refractivity (Wildman–Crippen MR) is 105 cm³/mol. The van der Waals surface area contributed by atoms with Crippen LogP contribution in [0.1, 0.15) is 51.6 Å². The Bertz CT molecular complexity index is 1390. The molecule has 9 nitrogen and oxygen atoms in total. The van der Waals surface area contributed by atoms with Crippen molar-refractivity contribution in [2.24, 2.45) is 0 Å². The van der Waals surface area contributed by atoms with Crippen molar-refractivity contribution in [3.05, 3.63) is 46.1 Å². The zero-order valence-corrected chi connectivity index (χ0v) is 16.8. The Kier molecular flexibility index (Phi) is 4.43. The topological polar surface area (TPSA) is 122 Å². The Morgan fingerprint density at radius 1 is 1.37 bits per heavy atom. The van der Waals surface area contributed by atoms with Crippen LogP contribution in [0.25, 0.3) is 28.1 Å². The van der Waals surface area contributed by atoms with Crippen LogP contribution in [0.4, 0.5) is 4.39 Å². The molecule has 0 spiro atoms. The van der Waals surface area contributed by atoms with Crippen LogP contribution in [0.3, 0.4) is 0 Å². The van der Waals surface area contributed by atoms with Gasteiger partial charge in [0, 0.05) is 6.04 Å². The standard InChI is InChI=1S/C20H19FN6O3/c1-5-10(2)27-15-11(8-22)12(21)6-7-13(15)26-9-23-14(16(26)18(27)28)17-24-19(30-25-17)20(3,4)29/h6-7,9-10,29H,5H2,1-4H3. The molecular formula is C20H19FN6O3. The van der Waals surface area contributed by atoms with Gasteiger partial charge in [0.2, 0.25) is 5.82 Å². The largest absolute Gasteiger partial charge is 0.381 e. The SMILES string of the molecule is CCC(C)n1c(=O)c2c(-c3noc(C(C)(C)O)n3)ncn2c2ccc(F)c(C#N)c21. The Morgan fingerprint density at radius 3 is 2.70 bits per heavy atom. The molecule has 0 bridgehead atoms.